The molecular weight excluding hydrogens is 106 g/mol. The monoisotopic (exact) mass is 117 g/mol. The van der Waals surface area contributed by atoms with Gasteiger partial charge in [0.05, 0.1) is 0 Å². The third kappa shape index (κ3) is 17.6. The van der Waals surface area contributed by atoms with Crippen LogP contribution < -0.4 is 0 Å². The van der Waals surface area contributed by atoms with Crippen LogP contribution in [-0.4, -0.2) is 51.4 Å². The molecule has 0 aromatic heterocycles. The van der Waals surface area contributed by atoms with Crippen molar-refractivity contribution >= 4 is 51.4 Å². The molecule has 0 amide bonds. The molecule has 0 aromatic carbocycles. The summed E-state index contributed by atoms with van der Waals surface area (Å²) in [6.07, 6.45) is 2.64. The van der Waals surface area contributed by atoms with Gasteiger partial charge in [0.1, 0.15) is 0 Å². The van der Waals surface area contributed by atoms with E-state index in [9.17, 15) is 0 Å². The predicted octanol–water partition coefficient (Wildman–Crippen LogP) is 1.58. The van der Waals surface area contributed by atoms with Crippen molar-refractivity contribution in [1.29, 1.82) is 0 Å². The maximum atomic E-state index is 2.18. The Morgan fingerprint density at radius 2 is 1.17 bits per heavy atom. The van der Waals surface area contributed by atoms with Crippen LogP contribution in [0.1, 0.15) is 26.7 Å². The Hall–Kier alpha value is 1.57. The smallest absolute Gasteiger partial charge is 0 e. The van der Waals surface area contributed by atoms with Gasteiger partial charge in [0.2, 0.25) is 0 Å². The molecule has 0 rings (SSSR count). The molecule has 0 aliphatic rings. The van der Waals surface area contributed by atoms with Gasteiger partial charge in [-0.3, -0.25) is 4.70 Å². The van der Waals surface area contributed by atoms with Crippen molar-refractivity contribution in [2.45, 2.75) is 26.7 Å². The minimum Gasteiger partial charge on any atom is -0.269 e. The third-order valence-electron chi connectivity index (χ3n) is 0.500. The fourth-order valence-corrected chi connectivity index (χ4v) is 0. The number of rotatable bonds is 1. The van der Waals surface area contributed by atoms with E-state index in [-0.39, 0.29) is 56.1 Å². The predicted molar refractivity (Wildman–Crippen MR) is 28.8 cm³/mol. The van der Waals surface area contributed by atoms with Gasteiger partial charge < -0.3 is 0 Å². The van der Waals surface area contributed by atoms with Gasteiger partial charge >= 0.3 is 0 Å². The largest absolute Gasteiger partial charge is 0.269 e. The molecule has 0 unspecified atom stereocenters. The van der Waals surface area contributed by atoms with E-state index in [1.54, 1.807) is 0 Å². The summed E-state index contributed by atoms with van der Waals surface area (Å²) in [6, 6.07) is 0. The quantitative estimate of drug-likeness (QED) is 0.457. The Morgan fingerprint density at radius 1 is 1.00 bits per heavy atom. The molecule has 0 aromatic rings. The van der Waals surface area contributed by atoms with Gasteiger partial charge in [0.25, 0.3) is 0 Å². The van der Waals surface area contributed by atoms with Crippen molar-refractivity contribution in [3.63, 3.8) is 0 Å². The number of hydrogen-bond acceptors (Lipinski definition) is 0. The van der Waals surface area contributed by atoms with E-state index >= 15 is 0 Å². The van der Waals surface area contributed by atoms with Crippen LogP contribution in [0.5, 0.6) is 0 Å². The summed E-state index contributed by atoms with van der Waals surface area (Å²) in [5.74, 6) is 0. The Kier molecular flexibility index (Phi) is 41.7. The standard InChI is InChI=1S/C4H10.FH.K/c1-3-4-2;;/h3-4H2,1-2H3;1H;. The summed E-state index contributed by atoms with van der Waals surface area (Å²) in [7, 11) is 0. The SMILES string of the molecule is CCCC.F.[K]. The normalized spacial score (nSPS) is 5.00. The first-order valence-corrected chi connectivity index (χ1v) is 1.91. The van der Waals surface area contributed by atoms with Gasteiger partial charge in [-0.05, 0) is 0 Å². The number of unbranched alkanes of at least 4 members (excludes halogenated alkanes) is 1. The van der Waals surface area contributed by atoms with Gasteiger partial charge in [0, 0.05) is 51.4 Å². The molecule has 0 saturated carbocycles. The van der Waals surface area contributed by atoms with E-state index < -0.39 is 0 Å². The van der Waals surface area contributed by atoms with Gasteiger partial charge in [-0.15, -0.1) is 0 Å². The Bertz CT molecular complexity index is 9.51. The maximum absolute atomic E-state index is 2.18. The first kappa shape index (κ1) is 15.6. The number of hydrogen-bond donors (Lipinski definition) is 0. The fourth-order valence-electron chi connectivity index (χ4n) is 0. The molecule has 2 heteroatoms. The van der Waals surface area contributed by atoms with Crippen LogP contribution >= 0.6 is 0 Å². The van der Waals surface area contributed by atoms with Crippen molar-refractivity contribution in [3.8, 4) is 0 Å². The molecule has 35 valence electrons. The first-order valence-electron chi connectivity index (χ1n) is 1.91. The van der Waals surface area contributed by atoms with Crippen LogP contribution in [0.4, 0.5) is 4.70 Å². The Balaban J connectivity index is -0.0000000450. The maximum Gasteiger partial charge on any atom is 0 e. The van der Waals surface area contributed by atoms with Gasteiger partial charge in [-0.1, -0.05) is 26.7 Å². The second-order valence-corrected chi connectivity index (χ2v) is 1.000. The molecular formula is C4H11FK. The molecule has 0 fully saturated rings. The molecule has 0 aliphatic carbocycles. The van der Waals surface area contributed by atoms with Crippen LogP contribution in [0, 0.1) is 0 Å². The summed E-state index contributed by atoms with van der Waals surface area (Å²) < 4.78 is 0. The minimum absolute atomic E-state index is 0. The second-order valence-electron chi connectivity index (χ2n) is 1.000. The van der Waals surface area contributed by atoms with E-state index in [2.05, 4.69) is 13.8 Å². The van der Waals surface area contributed by atoms with Crippen LogP contribution in [0.3, 0.4) is 0 Å². The minimum atomic E-state index is 0. The molecule has 0 aliphatic heterocycles. The molecule has 6 heavy (non-hydrogen) atoms. The second kappa shape index (κ2) is 16.0. The number of halogens is 1. The molecule has 0 saturated heterocycles. The summed E-state index contributed by atoms with van der Waals surface area (Å²) >= 11 is 0. The van der Waals surface area contributed by atoms with Crippen molar-refractivity contribution in [2.24, 2.45) is 0 Å². The summed E-state index contributed by atoms with van der Waals surface area (Å²) in [5.41, 5.74) is 0. The first-order chi connectivity index (χ1) is 1.91. The van der Waals surface area contributed by atoms with Crippen molar-refractivity contribution in [1.82, 2.24) is 0 Å². The van der Waals surface area contributed by atoms with E-state index in [0.29, 0.717) is 0 Å². The molecule has 0 spiro atoms. The Labute approximate surface area is 81.5 Å². The van der Waals surface area contributed by atoms with E-state index in [4.69, 9.17) is 0 Å². The van der Waals surface area contributed by atoms with Crippen LogP contribution in [0.25, 0.3) is 0 Å². The molecule has 0 heterocycles. The van der Waals surface area contributed by atoms with Crippen molar-refractivity contribution in [3.05, 3.63) is 0 Å². The van der Waals surface area contributed by atoms with Gasteiger partial charge in [-0.2, -0.15) is 0 Å². The zero-order valence-electron chi connectivity index (χ0n) is 4.82. The van der Waals surface area contributed by atoms with E-state index in [0.717, 1.165) is 0 Å². The topological polar surface area (TPSA) is 0 Å². The van der Waals surface area contributed by atoms with Crippen molar-refractivity contribution in [2.75, 3.05) is 0 Å². The van der Waals surface area contributed by atoms with Crippen LogP contribution in [0.15, 0.2) is 0 Å². The van der Waals surface area contributed by atoms with Gasteiger partial charge in [0.15, 0.2) is 0 Å². The zero-order chi connectivity index (χ0) is 3.41. The molecule has 0 atom stereocenters. The average molecular weight is 117 g/mol. The molecule has 0 N–H and O–H groups in total. The molecule has 0 nitrogen and oxygen atoms in total. The zero-order valence-corrected chi connectivity index (χ0v) is 7.95. The van der Waals surface area contributed by atoms with Crippen LogP contribution in [0.2, 0.25) is 0 Å². The van der Waals surface area contributed by atoms with Crippen molar-refractivity contribution < 1.29 is 4.70 Å². The van der Waals surface area contributed by atoms with E-state index in [1.165, 1.54) is 12.8 Å². The third-order valence-corrected chi connectivity index (χ3v) is 0.500. The van der Waals surface area contributed by atoms with Crippen LogP contribution in [-0.2, 0) is 0 Å². The average Bonchev–Trinajstić information content (AvgIpc) is 1.37. The summed E-state index contributed by atoms with van der Waals surface area (Å²) in [4.78, 5) is 0. The summed E-state index contributed by atoms with van der Waals surface area (Å²) in [5, 5.41) is 0. The molecule has 0 bridgehead atoms. The van der Waals surface area contributed by atoms with E-state index in [1.807, 2.05) is 0 Å². The van der Waals surface area contributed by atoms with Gasteiger partial charge in [-0.25, -0.2) is 0 Å². The fraction of sp³-hybridized carbons (Fsp3) is 1.00. The summed E-state index contributed by atoms with van der Waals surface area (Å²) in [6.45, 7) is 4.36. The molecule has 1 radical (unpaired) electrons. The Morgan fingerprint density at radius 3 is 1.17 bits per heavy atom.